The van der Waals surface area contributed by atoms with Gasteiger partial charge in [0.1, 0.15) is 16.7 Å². The molecule has 0 saturated heterocycles. The van der Waals surface area contributed by atoms with Gasteiger partial charge in [0.2, 0.25) is 0 Å². The Bertz CT molecular complexity index is 1580. The first-order valence-corrected chi connectivity index (χ1v) is 11.0. The molecule has 0 aliphatic rings. The minimum Gasteiger partial charge on any atom is -0.462 e. The van der Waals surface area contributed by atoms with E-state index in [4.69, 9.17) is 19.7 Å². The van der Waals surface area contributed by atoms with Crippen molar-refractivity contribution in [2.75, 3.05) is 6.61 Å². The maximum Gasteiger partial charge on any atom is 0.338 e. The normalized spacial score (nSPS) is 11.5. The molecule has 5 rings (SSSR count). The van der Waals surface area contributed by atoms with E-state index in [1.165, 1.54) is 0 Å². The number of rotatable bonds is 5. The molecule has 0 amide bonds. The van der Waals surface area contributed by atoms with Crippen molar-refractivity contribution < 1.29 is 9.53 Å². The number of para-hydroxylation sites is 2. The molecule has 0 radical (unpaired) electrons. The molecule has 8 heteroatoms. The molecule has 0 saturated carbocycles. The molecule has 3 heterocycles. The van der Waals surface area contributed by atoms with Crippen LogP contribution in [0.4, 0.5) is 0 Å². The standard InChI is InChI=1S/C25H23N5O3/c1-4-14-29-15(3)26-22-20(24(29)31)21-23(28-19-9-7-6-8-18(19)27-21)30(22)17-12-10-16(11-13-17)25(32)33-5-2/h6-13H,4-5,14H2,1-3H3. The highest BCUT2D eigenvalue weighted by Gasteiger charge is 2.22. The number of nitrogens with zero attached hydrogens (tertiary/aromatic N) is 5. The lowest BCUT2D eigenvalue weighted by Crippen LogP contribution is -2.24. The maximum absolute atomic E-state index is 13.5. The molecule has 0 unspecified atom stereocenters. The van der Waals surface area contributed by atoms with Crippen LogP contribution in [-0.2, 0) is 11.3 Å². The summed E-state index contributed by atoms with van der Waals surface area (Å²) >= 11 is 0. The molecule has 0 N–H and O–H groups in total. The molecule has 0 fully saturated rings. The predicted octanol–water partition coefficient (Wildman–Crippen LogP) is 4.18. The summed E-state index contributed by atoms with van der Waals surface area (Å²) in [6, 6.07) is 14.6. The highest BCUT2D eigenvalue weighted by atomic mass is 16.5. The summed E-state index contributed by atoms with van der Waals surface area (Å²) in [5.74, 6) is 0.250. The van der Waals surface area contributed by atoms with Gasteiger partial charge in [-0.3, -0.25) is 13.9 Å². The van der Waals surface area contributed by atoms with Crippen molar-refractivity contribution >= 4 is 39.2 Å². The van der Waals surface area contributed by atoms with Crippen LogP contribution in [0.2, 0.25) is 0 Å². The van der Waals surface area contributed by atoms with Gasteiger partial charge in [-0.2, -0.15) is 0 Å². The number of hydrogen-bond acceptors (Lipinski definition) is 6. The number of fused-ring (bicyclic) bond motifs is 4. The SMILES string of the molecule is CCCn1c(C)nc2c(c1=O)c1nc3ccccc3nc1n2-c1ccc(C(=O)OCC)cc1. The van der Waals surface area contributed by atoms with Gasteiger partial charge in [0.15, 0.2) is 11.3 Å². The average Bonchev–Trinajstić information content (AvgIpc) is 3.13. The van der Waals surface area contributed by atoms with Crippen LogP contribution in [0, 0.1) is 6.92 Å². The number of aryl methyl sites for hydroxylation is 1. The molecular weight excluding hydrogens is 418 g/mol. The molecule has 0 bridgehead atoms. The minimum absolute atomic E-state index is 0.129. The first kappa shape index (κ1) is 20.8. The van der Waals surface area contributed by atoms with Gasteiger partial charge in [0.25, 0.3) is 5.56 Å². The molecule has 3 aromatic heterocycles. The van der Waals surface area contributed by atoms with Crippen LogP contribution >= 0.6 is 0 Å². The Labute approximate surface area is 189 Å². The van der Waals surface area contributed by atoms with Crippen molar-refractivity contribution in [2.45, 2.75) is 33.7 Å². The molecule has 166 valence electrons. The van der Waals surface area contributed by atoms with Gasteiger partial charge in [0.05, 0.1) is 23.2 Å². The van der Waals surface area contributed by atoms with Crippen molar-refractivity contribution in [3.63, 3.8) is 0 Å². The molecule has 8 nitrogen and oxygen atoms in total. The van der Waals surface area contributed by atoms with Crippen molar-refractivity contribution in [1.82, 2.24) is 24.1 Å². The third-order valence-corrected chi connectivity index (χ3v) is 5.64. The topological polar surface area (TPSA) is 91.9 Å². The second-order valence-corrected chi connectivity index (χ2v) is 7.80. The number of hydrogen-bond donors (Lipinski definition) is 0. The van der Waals surface area contributed by atoms with Gasteiger partial charge in [-0.1, -0.05) is 19.1 Å². The third-order valence-electron chi connectivity index (χ3n) is 5.64. The first-order valence-electron chi connectivity index (χ1n) is 11.0. The lowest BCUT2D eigenvalue weighted by Gasteiger charge is -2.10. The lowest BCUT2D eigenvalue weighted by atomic mass is 10.2. The molecule has 0 aliphatic heterocycles. The van der Waals surface area contributed by atoms with Gasteiger partial charge in [-0.05, 0) is 56.7 Å². The second-order valence-electron chi connectivity index (χ2n) is 7.80. The van der Waals surface area contributed by atoms with Crippen LogP contribution in [0.1, 0.15) is 36.5 Å². The highest BCUT2D eigenvalue weighted by molar-refractivity contribution is 6.06. The van der Waals surface area contributed by atoms with E-state index in [0.29, 0.717) is 52.3 Å². The van der Waals surface area contributed by atoms with Crippen LogP contribution in [0.5, 0.6) is 0 Å². The van der Waals surface area contributed by atoms with E-state index in [1.54, 1.807) is 35.8 Å². The van der Waals surface area contributed by atoms with Crippen LogP contribution in [0.25, 0.3) is 38.9 Å². The Balaban J connectivity index is 1.86. The number of carbonyl (C=O) groups is 1. The summed E-state index contributed by atoms with van der Waals surface area (Å²) < 4.78 is 8.61. The highest BCUT2D eigenvalue weighted by Crippen LogP contribution is 2.29. The fourth-order valence-electron chi connectivity index (χ4n) is 4.12. The number of esters is 1. The smallest absolute Gasteiger partial charge is 0.338 e. The Morgan fingerprint density at radius 1 is 0.939 bits per heavy atom. The van der Waals surface area contributed by atoms with E-state index in [2.05, 4.69) is 0 Å². The van der Waals surface area contributed by atoms with E-state index in [-0.39, 0.29) is 11.5 Å². The molecule has 33 heavy (non-hydrogen) atoms. The fraction of sp³-hybridized carbons (Fsp3) is 0.240. The summed E-state index contributed by atoms with van der Waals surface area (Å²) in [5, 5.41) is 0.441. The minimum atomic E-state index is -0.381. The summed E-state index contributed by atoms with van der Waals surface area (Å²) in [6.07, 6.45) is 0.816. The van der Waals surface area contributed by atoms with Gasteiger partial charge in [-0.25, -0.2) is 19.7 Å². The molecule has 0 atom stereocenters. The number of carbonyl (C=O) groups excluding carboxylic acids is 1. The van der Waals surface area contributed by atoms with E-state index in [0.717, 1.165) is 17.6 Å². The van der Waals surface area contributed by atoms with Crippen LogP contribution in [0.15, 0.2) is 53.3 Å². The Hall–Kier alpha value is -4.07. The second kappa shape index (κ2) is 8.12. The zero-order valence-corrected chi connectivity index (χ0v) is 18.7. The Kier molecular flexibility index (Phi) is 5.12. The summed E-state index contributed by atoms with van der Waals surface area (Å²) in [7, 11) is 0. The Morgan fingerprint density at radius 2 is 1.64 bits per heavy atom. The largest absolute Gasteiger partial charge is 0.462 e. The molecule has 2 aromatic carbocycles. The lowest BCUT2D eigenvalue weighted by molar-refractivity contribution is 0.0526. The maximum atomic E-state index is 13.5. The summed E-state index contributed by atoms with van der Waals surface area (Å²) in [5.41, 5.74) is 4.05. The van der Waals surface area contributed by atoms with Crippen LogP contribution < -0.4 is 5.56 Å². The van der Waals surface area contributed by atoms with Gasteiger partial charge in [0, 0.05) is 12.2 Å². The molecular formula is C25H23N5O3. The molecule has 0 aliphatic carbocycles. The molecule has 5 aromatic rings. The Morgan fingerprint density at radius 3 is 2.30 bits per heavy atom. The van der Waals surface area contributed by atoms with Crippen molar-refractivity contribution in [3.05, 3.63) is 70.3 Å². The summed E-state index contributed by atoms with van der Waals surface area (Å²) in [4.78, 5) is 40.1. The zero-order valence-electron chi connectivity index (χ0n) is 18.7. The first-order chi connectivity index (χ1) is 16.0. The number of benzene rings is 2. The number of ether oxygens (including phenoxy) is 1. The van der Waals surface area contributed by atoms with Crippen LogP contribution in [0.3, 0.4) is 0 Å². The molecule has 0 spiro atoms. The third kappa shape index (κ3) is 3.34. The monoisotopic (exact) mass is 441 g/mol. The zero-order chi connectivity index (χ0) is 23.1. The van der Waals surface area contributed by atoms with E-state index in [9.17, 15) is 9.59 Å². The van der Waals surface area contributed by atoms with Crippen molar-refractivity contribution in [3.8, 4) is 5.69 Å². The van der Waals surface area contributed by atoms with Gasteiger partial charge in [-0.15, -0.1) is 0 Å². The van der Waals surface area contributed by atoms with E-state index in [1.807, 2.05) is 42.7 Å². The van der Waals surface area contributed by atoms with Crippen molar-refractivity contribution in [1.29, 1.82) is 0 Å². The van der Waals surface area contributed by atoms with E-state index >= 15 is 0 Å². The van der Waals surface area contributed by atoms with Gasteiger partial charge < -0.3 is 4.74 Å². The fourth-order valence-corrected chi connectivity index (χ4v) is 4.12. The average molecular weight is 441 g/mol. The van der Waals surface area contributed by atoms with Crippen LogP contribution in [-0.4, -0.2) is 36.7 Å². The van der Waals surface area contributed by atoms with Gasteiger partial charge >= 0.3 is 5.97 Å². The number of aromatic nitrogens is 5. The van der Waals surface area contributed by atoms with E-state index < -0.39 is 0 Å². The van der Waals surface area contributed by atoms with Crippen molar-refractivity contribution in [2.24, 2.45) is 0 Å². The predicted molar refractivity (Wildman–Crippen MR) is 127 cm³/mol. The quantitative estimate of drug-likeness (QED) is 0.380. The summed E-state index contributed by atoms with van der Waals surface area (Å²) in [6.45, 7) is 6.52.